The zero-order valence-corrected chi connectivity index (χ0v) is 21.1. The lowest BCUT2D eigenvalue weighted by atomic mass is 10.1. The van der Waals surface area contributed by atoms with Gasteiger partial charge < -0.3 is 5.32 Å². The van der Waals surface area contributed by atoms with Crippen molar-refractivity contribution in [1.29, 1.82) is 0 Å². The second-order valence-corrected chi connectivity index (χ2v) is 10.8. The Hall–Kier alpha value is -4.03. The molecule has 192 valence electrons. The number of pyridine rings is 1. The van der Waals surface area contributed by atoms with Crippen LogP contribution in [0.3, 0.4) is 0 Å². The molecule has 0 radical (unpaired) electrons. The Morgan fingerprint density at radius 3 is 2.22 bits per heavy atom. The van der Waals surface area contributed by atoms with E-state index in [9.17, 15) is 27.2 Å². The Kier molecular flexibility index (Phi) is 5.68. The number of sulfonamides is 1. The molecule has 4 aromatic rings. The van der Waals surface area contributed by atoms with E-state index in [2.05, 4.69) is 5.32 Å². The lowest BCUT2D eigenvalue weighted by Crippen LogP contribution is -2.41. The molecule has 0 spiro atoms. The van der Waals surface area contributed by atoms with E-state index in [1.165, 1.54) is 59.5 Å². The summed E-state index contributed by atoms with van der Waals surface area (Å²) in [6.45, 7) is 3.23. The average molecular weight is 526 g/mol. The first-order valence-electron chi connectivity index (χ1n) is 11.5. The quantitative estimate of drug-likeness (QED) is 0.410. The predicted molar refractivity (Wildman–Crippen MR) is 138 cm³/mol. The molecular formula is C25H24FN5O5S. The fraction of sp³-hybridized carbons (Fsp3) is 0.240. The second kappa shape index (κ2) is 8.53. The van der Waals surface area contributed by atoms with Crippen LogP contribution in [0.5, 0.6) is 0 Å². The Labute approximate surface area is 210 Å². The van der Waals surface area contributed by atoms with E-state index in [0.29, 0.717) is 18.4 Å². The Morgan fingerprint density at radius 1 is 1.00 bits per heavy atom. The average Bonchev–Trinajstić information content (AvgIpc) is 3.66. The molecule has 2 aromatic heterocycles. The number of halogens is 1. The van der Waals surface area contributed by atoms with E-state index in [1.54, 1.807) is 13.0 Å². The van der Waals surface area contributed by atoms with Gasteiger partial charge in [-0.2, -0.15) is 0 Å². The smallest absolute Gasteiger partial charge is 0.336 e. The number of benzene rings is 2. The van der Waals surface area contributed by atoms with E-state index >= 15 is 0 Å². The SMILES string of the molecule is Cc1ccc(Nc2c3c(=O)n(C4CC4)c(=O)n(-c4ccc(S(N)(=O)=O)cc4)c3c(C)c(=O)n2C)c(F)c1. The van der Waals surface area contributed by atoms with E-state index in [-0.39, 0.29) is 44.6 Å². The van der Waals surface area contributed by atoms with E-state index in [4.69, 9.17) is 5.14 Å². The number of nitrogens with one attached hydrogen (secondary N) is 1. The molecule has 5 rings (SSSR count). The van der Waals surface area contributed by atoms with E-state index < -0.39 is 32.6 Å². The maximum Gasteiger partial charge on any atom is 0.336 e. The highest BCUT2D eigenvalue weighted by atomic mass is 32.2. The summed E-state index contributed by atoms with van der Waals surface area (Å²) in [7, 11) is -2.52. The molecule has 0 saturated heterocycles. The van der Waals surface area contributed by atoms with Crippen molar-refractivity contribution in [2.24, 2.45) is 12.2 Å². The van der Waals surface area contributed by atoms with Gasteiger partial charge in [0, 0.05) is 18.7 Å². The molecule has 0 amide bonds. The number of nitrogens with zero attached hydrogens (tertiary/aromatic N) is 3. The van der Waals surface area contributed by atoms with Crippen LogP contribution in [0.4, 0.5) is 15.9 Å². The molecule has 3 N–H and O–H groups in total. The third kappa shape index (κ3) is 4.07. The van der Waals surface area contributed by atoms with Gasteiger partial charge in [0.15, 0.2) is 0 Å². The molecule has 1 saturated carbocycles. The molecule has 2 aromatic carbocycles. The number of hydrogen-bond donors (Lipinski definition) is 2. The van der Waals surface area contributed by atoms with Crippen LogP contribution in [-0.2, 0) is 17.1 Å². The van der Waals surface area contributed by atoms with Crippen molar-refractivity contribution >= 4 is 32.4 Å². The Morgan fingerprint density at radius 2 is 1.65 bits per heavy atom. The van der Waals surface area contributed by atoms with Crippen molar-refractivity contribution in [3.63, 3.8) is 0 Å². The lowest BCUT2D eigenvalue weighted by Gasteiger charge is -2.20. The first-order chi connectivity index (χ1) is 17.4. The zero-order valence-electron chi connectivity index (χ0n) is 20.3. The lowest BCUT2D eigenvalue weighted by molar-refractivity contribution is 0.597. The zero-order chi connectivity index (χ0) is 26.8. The maximum atomic E-state index is 14.8. The number of nitrogens with two attached hydrogens (primary N) is 1. The van der Waals surface area contributed by atoms with Crippen LogP contribution in [0.2, 0.25) is 0 Å². The molecule has 0 atom stereocenters. The summed E-state index contributed by atoms with van der Waals surface area (Å²) in [4.78, 5) is 40.5. The number of hydrogen-bond acceptors (Lipinski definition) is 6. The fourth-order valence-electron chi connectivity index (χ4n) is 4.49. The highest BCUT2D eigenvalue weighted by Gasteiger charge is 2.31. The van der Waals surface area contributed by atoms with Crippen LogP contribution in [0.15, 0.2) is 61.7 Å². The first-order valence-corrected chi connectivity index (χ1v) is 13.0. The molecule has 0 unspecified atom stereocenters. The molecule has 0 bridgehead atoms. The second-order valence-electron chi connectivity index (χ2n) is 9.23. The number of primary sulfonamides is 1. The molecule has 2 heterocycles. The molecule has 1 aliphatic rings. The summed E-state index contributed by atoms with van der Waals surface area (Å²) in [6.07, 6.45) is 1.26. The summed E-state index contributed by atoms with van der Waals surface area (Å²) in [5, 5.41) is 8.13. The van der Waals surface area contributed by atoms with Crippen LogP contribution in [0, 0.1) is 19.7 Å². The van der Waals surface area contributed by atoms with Crippen LogP contribution < -0.4 is 27.3 Å². The number of aryl methyl sites for hydroxylation is 2. The number of anilines is 2. The number of fused-ring (bicyclic) bond motifs is 1. The van der Waals surface area contributed by atoms with Gasteiger partial charge in [0.1, 0.15) is 17.0 Å². The van der Waals surface area contributed by atoms with Gasteiger partial charge >= 0.3 is 5.69 Å². The monoisotopic (exact) mass is 525 g/mol. The van der Waals surface area contributed by atoms with E-state index in [1.807, 2.05) is 0 Å². The highest BCUT2D eigenvalue weighted by Crippen LogP contribution is 2.34. The summed E-state index contributed by atoms with van der Waals surface area (Å²) in [5.74, 6) is -0.543. The van der Waals surface area contributed by atoms with Crippen molar-refractivity contribution in [2.75, 3.05) is 5.32 Å². The predicted octanol–water partition coefficient (Wildman–Crippen LogP) is 2.33. The first kappa shape index (κ1) is 24.7. The fourth-order valence-corrected chi connectivity index (χ4v) is 5.00. The van der Waals surface area contributed by atoms with E-state index in [0.717, 1.165) is 4.57 Å². The van der Waals surface area contributed by atoms with Crippen molar-refractivity contribution < 1.29 is 12.8 Å². The topological polar surface area (TPSA) is 138 Å². The largest absolute Gasteiger partial charge is 0.338 e. The van der Waals surface area contributed by atoms with Gasteiger partial charge in [-0.05, 0) is 68.7 Å². The Bertz CT molecular complexity index is 1890. The number of aromatic nitrogens is 3. The van der Waals surface area contributed by atoms with Gasteiger partial charge in [0.25, 0.3) is 11.1 Å². The standard InChI is InChI=1S/C25H24FN5O5S/c1-13-4-11-19(18(26)12-13)28-22-20-21(14(2)23(32)29(22)3)30(25(34)31(24(20)33)16-5-6-16)15-7-9-17(10-8-15)37(27,35)36/h4,7-12,16,28H,5-6H2,1-3H3,(H2,27,35,36). The van der Waals surface area contributed by atoms with Gasteiger partial charge in [-0.3, -0.25) is 23.3 Å². The number of rotatable bonds is 5. The molecule has 1 fully saturated rings. The molecule has 12 heteroatoms. The Balaban J connectivity index is 1.91. The van der Waals surface area contributed by atoms with Crippen molar-refractivity contribution in [3.8, 4) is 5.69 Å². The summed E-state index contributed by atoms with van der Waals surface area (Å²) in [5.41, 5.74) is -0.604. The molecule has 0 aliphatic heterocycles. The van der Waals surface area contributed by atoms with Crippen molar-refractivity contribution in [1.82, 2.24) is 13.7 Å². The van der Waals surface area contributed by atoms with Gasteiger partial charge in [0.2, 0.25) is 10.0 Å². The van der Waals surface area contributed by atoms with Crippen molar-refractivity contribution in [2.45, 2.75) is 37.6 Å². The third-order valence-corrected chi connectivity index (χ3v) is 7.49. The van der Waals surface area contributed by atoms with Crippen LogP contribution in [0.1, 0.15) is 30.0 Å². The van der Waals surface area contributed by atoms with Crippen LogP contribution >= 0.6 is 0 Å². The van der Waals surface area contributed by atoms with Gasteiger partial charge in [-0.15, -0.1) is 0 Å². The molecule has 1 aliphatic carbocycles. The highest BCUT2D eigenvalue weighted by molar-refractivity contribution is 7.89. The van der Waals surface area contributed by atoms with Crippen molar-refractivity contribution in [3.05, 3.63) is 90.6 Å². The van der Waals surface area contributed by atoms with Gasteiger partial charge in [0.05, 0.1) is 21.8 Å². The summed E-state index contributed by atoms with van der Waals surface area (Å²) in [6, 6.07) is 9.44. The minimum Gasteiger partial charge on any atom is -0.338 e. The van der Waals surface area contributed by atoms with Gasteiger partial charge in [-0.25, -0.2) is 22.7 Å². The third-order valence-electron chi connectivity index (χ3n) is 6.56. The molecule has 10 nitrogen and oxygen atoms in total. The maximum absolute atomic E-state index is 14.8. The molecule has 37 heavy (non-hydrogen) atoms. The van der Waals surface area contributed by atoms with Crippen LogP contribution in [-0.4, -0.2) is 22.1 Å². The van der Waals surface area contributed by atoms with Crippen LogP contribution in [0.25, 0.3) is 16.6 Å². The summed E-state index contributed by atoms with van der Waals surface area (Å²) < 4.78 is 41.8. The minimum atomic E-state index is -3.98. The minimum absolute atomic E-state index is 0.0293. The molecular weight excluding hydrogens is 501 g/mol. The normalized spacial score (nSPS) is 13.8. The van der Waals surface area contributed by atoms with Gasteiger partial charge in [-0.1, -0.05) is 6.07 Å². The summed E-state index contributed by atoms with van der Waals surface area (Å²) >= 11 is 0.